The Labute approximate surface area is 331 Å². The highest BCUT2D eigenvalue weighted by atomic mass is 35.5. The molecule has 0 fully saturated rings. The van der Waals surface area contributed by atoms with Gasteiger partial charge in [0.2, 0.25) is 0 Å². The van der Waals surface area contributed by atoms with Gasteiger partial charge in [0.1, 0.15) is 11.4 Å². The van der Waals surface area contributed by atoms with Gasteiger partial charge in [0.05, 0.1) is 41.0 Å². The molecule has 0 N–H and O–H groups in total. The molecule has 4 heterocycles. The van der Waals surface area contributed by atoms with E-state index in [4.69, 9.17) is 32.7 Å². The molecule has 8 nitrogen and oxygen atoms in total. The van der Waals surface area contributed by atoms with Gasteiger partial charge in [0.15, 0.2) is 0 Å². The molecule has 0 saturated heterocycles. The normalized spacial score (nSPS) is 18.0. The minimum absolute atomic E-state index is 0.159. The molecule has 0 spiro atoms. The maximum absolute atomic E-state index is 14.8. The first-order chi connectivity index (χ1) is 26.2. The summed E-state index contributed by atoms with van der Waals surface area (Å²) in [6.07, 6.45) is -0.859. The summed E-state index contributed by atoms with van der Waals surface area (Å²) in [5, 5.41) is 7.69. The number of alkyl halides is 2. The quantitative estimate of drug-likeness (QED) is 0.140. The van der Waals surface area contributed by atoms with E-state index < -0.39 is 26.8 Å². The summed E-state index contributed by atoms with van der Waals surface area (Å²) in [5.41, 5.74) is 2.50. The van der Waals surface area contributed by atoms with E-state index in [9.17, 15) is 18.4 Å². The van der Waals surface area contributed by atoms with Crippen molar-refractivity contribution in [2.45, 2.75) is 77.2 Å². The molecule has 2 aromatic heterocycles. The van der Waals surface area contributed by atoms with Crippen LogP contribution >= 0.6 is 23.2 Å². The SMILES string of the molecule is CC(c1ccc(C(F)F)nc1)N1C[C@@H](CO[Si](c2ccccc2)(c2ccccc2)C(C)(C)C)n2nc3c(c2C1=O)CN(C(=O)c1ccc(Cl)c(Cl)c1)[C@H](C)C3. The summed E-state index contributed by atoms with van der Waals surface area (Å²) in [6, 6.07) is 27.3. The summed E-state index contributed by atoms with van der Waals surface area (Å²) in [7, 11) is -2.99. The van der Waals surface area contributed by atoms with Crippen LogP contribution in [0, 0.1) is 0 Å². The highest BCUT2D eigenvalue weighted by molar-refractivity contribution is 6.99. The Morgan fingerprint density at radius 1 is 0.964 bits per heavy atom. The number of rotatable bonds is 9. The highest BCUT2D eigenvalue weighted by Gasteiger charge is 2.51. The number of fused-ring (bicyclic) bond motifs is 3. The van der Waals surface area contributed by atoms with Gasteiger partial charge < -0.3 is 14.2 Å². The number of amides is 2. The van der Waals surface area contributed by atoms with Crippen molar-refractivity contribution >= 4 is 53.7 Å². The third kappa shape index (κ3) is 7.12. The van der Waals surface area contributed by atoms with Crippen molar-refractivity contribution in [2.75, 3.05) is 13.2 Å². The number of carbonyl (C=O) groups is 2. The second kappa shape index (κ2) is 15.3. The largest absolute Gasteiger partial charge is 0.405 e. The molecule has 2 aliphatic rings. The Hall–Kier alpha value is -4.42. The van der Waals surface area contributed by atoms with Gasteiger partial charge in [-0.25, -0.2) is 8.78 Å². The van der Waals surface area contributed by atoms with Crippen molar-refractivity contribution in [3.63, 3.8) is 0 Å². The number of halogens is 4. The summed E-state index contributed by atoms with van der Waals surface area (Å²) in [4.78, 5) is 36.2. The summed E-state index contributed by atoms with van der Waals surface area (Å²) in [5.74, 6) is -0.501. The molecule has 0 saturated carbocycles. The Morgan fingerprint density at radius 3 is 2.18 bits per heavy atom. The first-order valence-electron chi connectivity index (χ1n) is 18.4. The number of carbonyl (C=O) groups excluding carboxylic acids is 2. The standard InChI is InChI=1S/C42H43Cl2F2N5O3Si/c1-26-20-37-33(24-49(26)40(52)28-16-18-34(43)35(44)21-28)38-41(53)50(27(2)29-17-19-36(39(45)46)47-22-29)23-30(51(38)48-37)25-54-55(42(3,4)5,31-12-8-6-9-13-31)32-14-10-7-11-15-32/h6-19,21-22,26-27,30,39H,20,23-25H2,1-5H3/t26-,27?,30+/m1/s1. The predicted molar refractivity (Wildman–Crippen MR) is 213 cm³/mol. The monoisotopic (exact) mass is 801 g/mol. The molecule has 0 bridgehead atoms. The lowest BCUT2D eigenvalue weighted by Crippen LogP contribution is -2.67. The van der Waals surface area contributed by atoms with Gasteiger partial charge >= 0.3 is 0 Å². The fourth-order valence-corrected chi connectivity index (χ4v) is 13.0. The summed E-state index contributed by atoms with van der Waals surface area (Å²) < 4.78 is 36.1. The van der Waals surface area contributed by atoms with E-state index in [1.54, 1.807) is 34.1 Å². The van der Waals surface area contributed by atoms with Gasteiger partial charge in [0, 0.05) is 36.3 Å². The molecule has 3 atom stereocenters. The van der Waals surface area contributed by atoms with Crippen LogP contribution in [0.3, 0.4) is 0 Å². The third-order valence-electron chi connectivity index (χ3n) is 11.0. The minimum atomic E-state index is -2.99. The maximum atomic E-state index is 14.8. The lowest BCUT2D eigenvalue weighted by atomic mass is 9.96. The Morgan fingerprint density at radius 2 is 1.62 bits per heavy atom. The van der Waals surface area contributed by atoms with E-state index >= 15 is 0 Å². The maximum Gasteiger partial charge on any atom is 0.280 e. The van der Waals surface area contributed by atoms with Gasteiger partial charge in [-0.05, 0) is 59.1 Å². The van der Waals surface area contributed by atoms with Crippen LogP contribution in [-0.4, -0.2) is 63.9 Å². The smallest absolute Gasteiger partial charge is 0.280 e. The average Bonchev–Trinajstić information content (AvgIpc) is 3.55. The van der Waals surface area contributed by atoms with Crippen LogP contribution in [0.5, 0.6) is 0 Å². The molecule has 5 aromatic rings. The lowest BCUT2D eigenvalue weighted by Gasteiger charge is -2.45. The third-order valence-corrected chi connectivity index (χ3v) is 16.7. The molecule has 3 aromatic carbocycles. The summed E-state index contributed by atoms with van der Waals surface area (Å²) in [6.45, 7) is 11.1. The topological polar surface area (TPSA) is 80.6 Å². The number of hydrogen-bond acceptors (Lipinski definition) is 5. The molecular weight excluding hydrogens is 759 g/mol. The van der Waals surface area contributed by atoms with Crippen LogP contribution in [0.15, 0.2) is 97.2 Å². The molecule has 55 heavy (non-hydrogen) atoms. The zero-order valence-corrected chi connectivity index (χ0v) is 33.9. The molecule has 2 aliphatic heterocycles. The summed E-state index contributed by atoms with van der Waals surface area (Å²) >= 11 is 12.5. The number of aromatic nitrogens is 3. The van der Waals surface area contributed by atoms with Crippen molar-refractivity contribution in [2.24, 2.45) is 0 Å². The number of nitrogens with zero attached hydrogens (tertiary/aromatic N) is 5. The zero-order chi connectivity index (χ0) is 39.2. The van der Waals surface area contributed by atoms with Crippen molar-refractivity contribution < 1.29 is 22.8 Å². The Bertz CT molecular complexity index is 2160. The molecule has 286 valence electrons. The molecular formula is C42H43Cl2F2N5O3Si. The number of benzene rings is 3. The van der Waals surface area contributed by atoms with Crippen LogP contribution < -0.4 is 10.4 Å². The first-order valence-corrected chi connectivity index (χ1v) is 21.0. The minimum Gasteiger partial charge on any atom is -0.405 e. The second-order valence-electron chi connectivity index (χ2n) is 15.4. The Kier molecular flexibility index (Phi) is 10.8. The average molecular weight is 803 g/mol. The van der Waals surface area contributed by atoms with Crippen LogP contribution in [0.2, 0.25) is 15.1 Å². The fourth-order valence-electron chi connectivity index (χ4n) is 8.06. The van der Waals surface area contributed by atoms with Gasteiger partial charge in [-0.2, -0.15) is 5.10 Å². The molecule has 0 aliphatic carbocycles. The van der Waals surface area contributed by atoms with Crippen molar-refractivity contribution in [3.8, 4) is 0 Å². The molecule has 1 unspecified atom stereocenters. The van der Waals surface area contributed by atoms with Crippen molar-refractivity contribution in [1.29, 1.82) is 0 Å². The van der Waals surface area contributed by atoms with Crippen LogP contribution in [-0.2, 0) is 17.4 Å². The molecule has 13 heteroatoms. The van der Waals surface area contributed by atoms with Crippen molar-refractivity contribution in [3.05, 3.63) is 141 Å². The fraction of sp³-hybridized carbons (Fsp3) is 0.333. The first kappa shape index (κ1) is 38.8. The van der Waals surface area contributed by atoms with Gasteiger partial charge in [-0.3, -0.25) is 19.3 Å². The molecule has 7 rings (SSSR count). The van der Waals surface area contributed by atoms with Gasteiger partial charge in [0.25, 0.3) is 26.6 Å². The zero-order valence-electron chi connectivity index (χ0n) is 31.3. The van der Waals surface area contributed by atoms with Crippen molar-refractivity contribution in [1.82, 2.24) is 24.6 Å². The second-order valence-corrected chi connectivity index (χ2v) is 20.5. The van der Waals surface area contributed by atoms with Crippen LogP contribution in [0.4, 0.5) is 8.78 Å². The highest BCUT2D eigenvalue weighted by Crippen LogP contribution is 2.40. The van der Waals surface area contributed by atoms with E-state index in [-0.39, 0.29) is 53.3 Å². The molecule has 0 radical (unpaired) electrons. The van der Waals surface area contributed by atoms with Crippen LogP contribution in [0.25, 0.3) is 0 Å². The predicted octanol–water partition coefficient (Wildman–Crippen LogP) is 8.44. The van der Waals surface area contributed by atoms with E-state index in [2.05, 4.69) is 50.0 Å². The number of pyridine rings is 1. The lowest BCUT2D eigenvalue weighted by molar-refractivity contribution is 0.0520. The van der Waals surface area contributed by atoms with Crippen LogP contribution in [0.1, 0.15) is 96.5 Å². The van der Waals surface area contributed by atoms with E-state index in [1.807, 2.05) is 54.9 Å². The molecule has 2 amide bonds. The van der Waals surface area contributed by atoms with E-state index in [0.717, 1.165) is 16.1 Å². The van der Waals surface area contributed by atoms with Gasteiger partial charge in [-0.15, -0.1) is 0 Å². The van der Waals surface area contributed by atoms with Gasteiger partial charge in [-0.1, -0.05) is 111 Å². The van der Waals surface area contributed by atoms with E-state index in [1.165, 1.54) is 12.3 Å². The van der Waals surface area contributed by atoms with E-state index in [0.29, 0.717) is 33.8 Å². The number of hydrogen-bond donors (Lipinski definition) is 0. The Balaban J connectivity index is 1.31.